The molecule has 4 heteroatoms. The topological polar surface area (TPSA) is 12.0 Å². The molecule has 100 valence electrons. The zero-order chi connectivity index (χ0) is 13.7. The minimum Gasteiger partial charge on any atom is -0.312 e. The van der Waals surface area contributed by atoms with Crippen molar-refractivity contribution in [2.24, 2.45) is 0 Å². The highest BCUT2D eigenvalue weighted by atomic mass is 35.5. The smallest absolute Gasteiger partial charge is 0.142 e. The molecule has 1 nitrogen and oxygen atoms in total. The van der Waals surface area contributed by atoms with Crippen LogP contribution in [-0.4, -0.2) is 6.54 Å². The third-order valence-corrected chi connectivity index (χ3v) is 3.15. The fraction of sp³-hybridized carbons (Fsp3) is 0.200. The predicted octanol–water partition coefficient (Wildman–Crippen LogP) is 3.95. The van der Waals surface area contributed by atoms with Gasteiger partial charge in [0, 0.05) is 6.54 Å². The third kappa shape index (κ3) is 4.01. The van der Waals surface area contributed by atoms with Crippen LogP contribution in [-0.2, 0) is 13.0 Å². The molecule has 0 radical (unpaired) electrons. The zero-order valence-electron chi connectivity index (χ0n) is 10.3. The Morgan fingerprint density at radius 1 is 1.00 bits per heavy atom. The first-order chi connectivity index (χ1) is 9.16. The van der Waals surface area contributed by atoms with Gasteiger partial charge in [0.2, 0.25) is 0 Å². The van der Waals surface area contributed by atoms with Crippen LogP contribution in [0.4, 0.5) is 8.78 Å². The molecule has 0 unspecified atom stereocenters. The summed E-state index contributed by atoms with van der Waals surface area (Å²) in [5, 5.41) is 3.27. The van der Waals surface area contributed by atoms with E-state index in [4.69, 9.17) is 11.6 Å². The Morgan fingerprint density at radius 2 is 1.79 bits per heavy atom. The first-order valence-corrected chi connectivity index (χ1v) is 6.42. The Balaban J connectivity index is 1.81. The van der Waals surface area contributed by atoms with Crippen LogP contribution in [0.25, 0.3) is 0 Å². The van der Waals surface area contributed by atoms with E-state index in [0.29, 0.717) is 25.1 Å². The van der Waals surface area contributed by atoms with E-state index in [1.54, 1.807) is 18.2 Å². The largest absolute Gasteiger partial charge is 0.312 e. The van der Waals surface area contributed by atoms with Crippen molar-refractivity contribution in [3.63, 3.8) is 0 Å². The molecule has 0 fully saturated rings. The molecule has 2 aromatic carbocycles. The van der Waals surface area contributed by atoms with Gasteiger partial charge in [-0.05, 0) is 42.3 Å². The number of hydrogen-bond acceptors (Lipinski definition) is 1. The maximum Gasteiger partial charge on any atom is 0.142 e. The van der Waals surface area contributed by atoms with Crippen LogP contribution < -0.4 is 5.32 Å². The van der Waals surface area contributed by atoms with Gasteiger partial charge in [-0.3, -0.25) is 0 Å². The van der Waals surface area contributed by atoms with Gasteiger partial charge in [-0.2, -0.15) is 0 Å². The monoisotopic (exact) mass is 281 g/mol. The first-order valence-electron chi connectivity index (χ1n) is 6.05. The zero-order valence-corrected chi connectivity index (χ0v) is 11.1. The van der Waals surface area contributed by atoms with Crippen molar-refractivity contribution in [3.8, 4) is 0 Å². The molecule has 0 amide bonds. The van der Waals surface area contributed by atoms with E-state index in [9.17, 15) is 8.78 Å². The van der Waals surface area contributed by atoms with Crippen LogP contribution in [0.3, 0.4) is 0 Å². The number of rotatable bonds is 5. The second-order valence-corrected chi connectivity index (χ2v) is 4.67. The molecule has 19 heavy (non-hydrogen) atoms. The second-order valence-electron chi connectivity index (χ2n) is 4.27. The molecule has 0 saturated heterocycles. The van der Waals surface area contributed by atoms with Crippen LogP contribution in [0, 0.1) is 11.6 Å². The second kappa shape index (κ2) is 6.64. The lowest BCUT2D eigenvalue weighted by Crippen LogP contribution is -2.17. The van der Waals surface area contributed by atoms with Gasteiger partial charge in [0.05, 0.1) is 5.02 Å². The minimum absolute atomic E-state index is 0.120. The van der Waals surface area contributed by atoms with E-state index in [0.717, 1.165) is 5.56 Å². The normalized spacial score (nSPS) is 10.7. The molecule has 1 N–H and O–H groups in total. The van der Waals surface area contributed by atoms with E-state index >= 15 is 0 Å². The summed E-state index contributed by atoms with van der Waals surface area (Å²) in [6.07, 6.45) is 0.600. The van der Waals surface area contributed by atoms with Crippen molar-refractivity contribution in [2.75, 3.05) is 6.54 Å². The lowest BCUT2D eigenvalue weighted by molar-refractivity contribution is 0.596. The lowest BCUT2D eigenvalue weighted by Gasteiger charge is -2.06. The molecule has 0 aliphatic rings. The molecule has 2 rings (SSSR count). The molecular formula is C15H14ClF2N. The molecule has 0 saturated carbocycles. The van der Waals surface area contributed by atoms with Gasteiger partial charge in [-0.1, -0.05) is 35.9 Å². The quantitative estimate of drug-likeness (QED) is 0.818. The standard InChI is InChI=1S/C15H14ClF2N/c16-13-6-5-11(9-15(13)18)10-19-8-7-12-3-1-2-4-14(12)17/h1-6,9,19H,7-8,10H2. The van der Waals surface area contributed by atoms with Gasteiger partial charge in [-0.25, -0.2) is 8.78 Å². The summed E-state index contributed by atoms with van der Waals surface area (Å²) in [4.78, 5) is 0. The highest BCUT2D eigenvalue weighted by molar-refractivity contribution is 6.30. The lowest BCUT2D eigenvalue weighted by atomic mass is 10.1. The van der Waals surface area contributed by atoms with Crippen LogP contribution in [0.5, 0.6) is 0 Å². The van der Waals surface area contributed by atoms with E-state index in [1.807, 2.05) is 6.07 Å². The van der Waals surface area contributed by atoms with Crippen LogP contribution in [0.1, 0.15) is 11.1 Å². The van der Waals surface area contributed by atoms with Gasteiger partial charge in [0.15, 0.2) is 0 Å². The average Bonchev–Trinajstić information content (AvgIpc) is 2.40. The minimum atomic E-state index is -0.421. The summed E-state index contributed by atoms with van der Waals surface area (Å²) >= 11 is 5.60. The van der Waals surface area contributed by atoms with Crippen LogP contribution in [0.2, 0.25) is 5.02 Å². The van der Waals surface area contributed by atoms with Gasteiger partial charge in [0.1, 0.15) is 11.6 Å². The Bertz CT molecular complexity index is 558. The maximum absolute atomic E-state index is 13.3. The molecule has 0 spiro atoms. The SMILES string of the molecule is Fc1cc(CNCCc2ccccc2F)ccc1Cl. The average molecular weight is 282 g/mol. The molecule has 0 aromatic heterocycles. The summed E-state index contributed by atoms with van der Waals surface area (Å²) in [5.41, 5.74) is 1.49. The Labute approximate surface area is 116 Å². The molecule has 2 aromatic rings. The van der Waals surface area contributed by atoms with E-state index in [1.165, 1.54) is 18.2 Å². The molecule has 0 atom stereocenters. The van der Waals surface area contributed by atoms with Crippen molar-refractivity contribution in [2.45, 2.75) is 13.0 Å². The molecular weight excluding hydrogens is 268 g/mol. The highest BCUT2D eigenvalue weighted by Crippen LogP contribution is 2.15. The maximum atomic E-state index is 13.3. The van der Waals surface area contributed by atoms with E-state index in [-0.39, 0.29) is 10.8 Å². The van der Waals surface area contributed by atoms with Gasteiger partial charge >= 0.3 is 0 Å². The number of hydrogen-bond donors (Lipinski definition) is 1. The van der Waals surface area contributed by atoms with Crippen molar-refractivity contribution in [1.29, 1.82) is 0 Å². The van der Waals surface area contributed by atoms with Crippen molar-refractivity contribution >= 4 is 11.6 Å². The van der Waals surface area contributed by atoms with Crippen molar-refractivity contribution in [3.05, 3.63) is 70.2 Å². The van der Waals surface area contributed by atoms with Crippen LogP contribution >= 0.6 is 11.6 Å². The Morgan fingerprint density at radius 3 is 2.53 bits per heavy atom. The van der Waals surface area contributed by atoms with Crippen LogP contribution in [0.15, 0.2) is 42.5 Å². The molecule has 0 aliphatic heterocycles. The first kappa shape index (κ1) is 14.0. The summed E-state index contributed by atoms with van der Waals surface area (Å²) in [7, 11) is 0. The molecule has 0 aliphatic carbocycles. The Hall–Kier alpha value is -1.45. The fourth-order valence-electron chi connectivity index (χ4n) is 1.81. The van der Waals surface area contributed by atoms with Gasteiger partial charge in [0.25, 0.3) is 0 Å². The number of benzene rings is 2. The molecule has 0 heterocycles. The van der Waals surface area contributed by atoms with Crippen molar-refractivity contribution in [1.82, 2.24) is 5.32 Å². The Kier molecular flexibility index (Phi) is 4.88. The van der Waals surface area contributed by atoms with E-state index < -0.39 is 5.82 Å². The number of nitrogens with one attached hydrogen (secondary N) is 1. The molecule has 0 bridgehead atoms. The summed E-state index contributed by atoms with van der Waals surface area (Å²) in [6, 6.07) is 11.4. The summed E-state index contributed by atoms with van der Waals surface area (Å²) in [5.74, 6) is -0.614. The predicted molar refractivity (Wildman–Crippen MR) is 73.2 cm³/mol. The van der Waals surface area contributed by atoms with Gasteiger partial charge < -0.3 is 5.32 Å². The summed E-state index contributed by atoms with van der Waals surface area (Å²) < 4.78 is 26.5. The van der Waals surface area contributed by atoms with Gasteiger partial charge in [-0.15, -0.1) is 0 Å². The third-order valence-electron chi connectivity index (χ3n) is 2.84. The van der Waals surface area contributed by atoms with E-state index in [2.05, 4.69) is 5.32 Å². The summed E-state index contributed by atoms with van der Waals surface area (Å²) in [6.45, 7) is 1.16. The van der Waals surface area contributed by atoms with Crippen molar-refractivity contribution < 1.29 is 8.78 Å². The fourth-order valence-corrected chi connectivity index (χ4v) is 1.92. The highest BCUT2D eigenvalue weighted by Gasteiger charge is 2.02. The number of halogens is 3.